The maximum Gasteiger partial charge on any atom is 0.410 e. The van der Waals surface area contributed by atoms with Gasteiger partial charge in [0.1, 0.15) is 5.60 Å². The van der Waals surface area contributed by atoms with Crippen molar-refractivity contribution in [1.82, 2.24) is 4.90 Å². The first-order valence-electron chi connectivity index (χ1n) is 6.86. The molecule has 5 nitrogen and oxygen atoms in total. The van der Waals surface area contributed by atoms with Gasteiger partial charge in [-0.1, -0.05) is 0 Å². The fourth-order valence-corrected chi connectivity index (χ4v) is 3.02. The molecule has 1 aliphatic heterocycles. The van der Waals surface area contributed by atoms with Crippen LogP contribution in [-0.4, -0.2) is 41.8 Å². The van der Waals surface area contributed by atoms with Gasteiger partial charge in [-0.3, -0.25) is 4.79 Å². The Kier molecular flexibility index (Phi) is 3.49. The number of hydrogen-bond acceptors (Lipinski definition) is 4. The topological polar surface area (TPSA) is 55.8 Å². The van der Waals surface area contributed by atoms with E-state index in [4.69, 9.17) is 9.47 Å². The molecule has 0 aromatic carbocycles. The molecule has 1 atom stereocenters. The van der Waals surface area contributed by atoms with E-state index in [2.05, 4.69) is 0 Å². The monoisotopic (exact) mass is 269 g/mol. The molecule has 0 aromatic rings. The number of carbonyl (C=O) groups is 2. The van der Waals surface area contributed by atoms with Crippen molar-refractivity contribution in [3.05, 3.63) is 0 Å². The highest BCUT2D eigenvalue weighted by Gasteiger charge is 2.54. The van der Waals surface area contributed by atoms with Gasteiger partial charge < -0.3 is 14.4 Å². The normalized spacial score (nSPS) is 25.1. The number of ether oxygens (including phenoxy) is 2. The molecule has 2 fully saturated rings. The molecule has 1 unspecified atom stereocenters. The Morgan fingerprint density at radius 3 is 2.32 bits per heavy atom. The average Bonchev–Trinajstić information content (AvgIpc) is 2.65. The van der Waals surface area contributed by atoms with Crippen molar-refractivity contribution in [3.8, 4) is 0 Å². The minimum atomic E-state index is -0.509. The summed E-state index contributed by atoms with van der Waals surface area (Å²) in [4.78, 5) is 25.7. The smallest absolute Gasteiger partial charge is 0.410 e. The number of rotatable bonds is 1. The van der Waals surface area contributed by atoms with Crippen molar-refractivity contribution in [2.24, 2.45) is 5.92 Å². The molecular formula is C14H23NO4. The Bertz CT molecular complexity index is 381. The van der Waals surface area contributed by atoms with E-state index >= 15 is 0 Å². The van der Waals surface area contributed by atoms with Crippen LogP contribution in [-0.2, 0) is 14.3 Å². The van der Waals surface area contributed by atoms with Crippen LogP contribution in [0.3, 0.4) is 0 Å². The summed E-state index contributed by atoms with van der Waals surface area (Å²) in [6, 6.07) is 0. The molecule has 2 rings (SSSR count). The zero-order valence-corrected chi connectivity index (χ0v) is 12.2. The van der Waals surface area contributed by atoms with E-state index in [0.717, 1.165) is 19.3 Å². The van der Waals surface area contributed by atoms with E-state index in [1.165, 1.54) is 7.11 Å². The third-order valence-electron chi connectivity index (χ3n) is 4.03. The van der Waals surface area contributed by atoms with Crippen molar-refractivity contribution >= 4 is 12.1 Å². The SMILES string of the molecule is COC(=O)C1CN(C(=O)OC(C)(C)C)C2(CCC2)C1. The van der Waals surface area contributed by atoms with Gasteiger partial charge in [0, 0.05) is 12.1 Å². The summed E-state index contributed by atoms with van der Waals surface area (Å²) >= 11 is 0. The lowest BCUT2D eigenvalue weighted by Gasteiger charge is -2.45. The molecule has 0 radical (unpaired) electrons. The zero-order chi connectivity index (χ0) is 14.3. The second-order valence-electron chi connectivity index (χ2n) is 6.59. The molecule has 1 aliphatic carbocycles. The maximum atomic E-state index is 12.3. The second-order valence-corrected chi connectivity index (χ2v) is 6.59. The molecule has 19 heavy (non-hydrogen) atoms. The highest BCUT2D eigenvalue weighted by molar-refractivity contribution is 5.77. The molecule has 0 N–H and O–H groups in total. The van der Waals surface area contributed by atoms with E-state index in [0.29, 0.717) is 13.0 Å². The van der Waals surface area contributed by atoms with E-state index in [1.54, 1.807) is 4.90 Å². The van der Waals surface area contributed by atoms with E-state index < -0.39 is 5.60 Å². The van der Waals surface area contributed by atoms with Crippen LogP contribution < -0.4 is 0 Å². The molecule has 0 bridgehead atoms. The Balaban J connectivity index is 2.10. The number of esters is 1. The lowest BCUT2D eigenvalue weighted by atomic mass is 9.73. The first kappa shape index (κ1) is 14.2. The minimum absolute atomic E-state index is 0.165. The van der Waals surface area contributed by atoms with Gasteiger partial charge >= 0.3 is 12.1 Å². The molecule has 1 saturated carbocycles. The third kappa shape index (κ3) is 2.69. The van der Waals surface area contributed by atoms with Crippen LogP contribution in [0.2, 0.25) is 0 Å². The van der Waals surface area contributed by atoms with E-state index in [9.17, 15) is 9.59 Å². The highest BCUT2D eigenvalue weighted by Crippen LogP contribution is 2.48. The third-order valence-corrected chi connectivity index (χ3v) is 4.03. The Morgan fingerprint density at radius 2 is 1.89 bits per heavy atom. The Morgan fingerprint density at radius 1 is 1.26 bits per heavy atom. The van der Waals surface area contributed by atoms with Crippen LogP contribution in [0.25, 0.3) is 0 Å². The predicted octanol–water partition coefficient (Wildman–Crippen LogP) is 2.34. The molecule has 1 spiro atoms. The summed E-state index contributed by atoms with van der Waals surface area (Å²) in [5, 5.41) is 0. The Hall–Kier alpha value is -1.26. The van der Waals surface area contributed by atoms with Crippen LogP contribution >= 0.6 is 0 Å². The zero-order valence-electron chi connectivity index (χ0n) is 12.2. The number of carbonyl (C=O) groups excluding carboxylic acids is 2. The summed E-state index contributed by atoms with van der Waals surface area (Å²) in [6.07, 6.45) is 3.42. The summed E-state index contributed by atoms with van der Waals surface area (Å²) in [5.41, 5.74) is -0.674. The summed E-state index contributed by atoms with van der Waals surface area (Å²) in [5.74, 6) is -0.435. The number of hydrogen-bond donors (Lipinski definition) is 0. The number of likely N-dealkylation sites (tertiary alicyclic amines) is 1. The fraction of sp³-hybridized carbons (Fsp3) is 0.857. The Labute approximate surface area is 114 Å². The molecule has 1 heterocycles. The lowest BCUT2D eigenvalue weighted by Crippen LogP contribution is -2.53. The molecular weight excluding hydrogens is 246 g/mol. The standard InChI is InChI=1S/C14H23NO4/c1-13(2,3)19-12(17)15-9-10(11(16)18-4)8-14(15)6-5-7-14/h10H,5-9H2,1-4H3. The fourth-order valence-electron chi connectivity index (χ4n) is 3.02. The van der Waals surface area contributed by atoms with Gasteiger partial charge in [0.25, 0.3) is 0 Å². The van der Waals surface area contributed by atoms with Crippen LogP contribution in [0.4, 0.5) is 4.79 Å². The summed E-state index contributed by atoms with van der Waals surface area (Å²) in [6.45, 7) is 5.98. The predicted molar refractivity (Wildman–Crippen MR) is 69.6 cm³/mol. The first-order valence-corrected chi connectivity index (χ1v) is 6.86. The maximum absolute atomic E-state index is 12.3. The number of amides is 1. The van der Waals surface area contributed by atoms with Crippen molar-refractivity contribution in [2.75, 3.05) is 13.7 Å². The van der Waals surface area contributed by atoms with Crippen LogP contribution in [0.15, 0.2) is 0 Å². The lowest BCUT2D eigenvalue weighted by molar-refractivity contribution is -0.145. The number of nitrogens with zero attached hydrogens (tertiary/aromatic N) is 1. The van der Waals surface area contributed by atoms with Crippen molar-refractivity contribution in [2.45, 2.75) is 57.6 Å². The highest BCUT2D eigenvalue weighted by atomic mass is 16.6. The molecule has 5 heteroatoms. The van der Waals surface area contributed by atoms with Crippen LogP contribution in [0.5, 0.6) is 0 Å². The van der Waals surface area contributed by atoms with E-state index in [-0.39, 0.29) is 23.5 Å². The minimum Gasteiger partial charge on any atom is -0.469 e. The first-order chi connectivity index (χ1) is 8.77. The second kappa shape index (κ2) is 4.69. The van der Waals surface area contributed by atoms with Crippen molar-refractivity contribution < 1.29 is 19.1 Å². The molecule has 1 saturated heterocycles. The summed E-state index contributed by atoms with van der Waals surface area (Å²) < 4.78 is 10.3. The molecule has 108 valence electrons. The van der Waals surface area contributed by atoms with Gasteiger partial charge in [-0.2, -0.15) is 0 Å². The van der Waals surface area contributed by atoms with Gasteiger partial charge in [0.05, 0.1) is 13.0 Å². The molecule has 0 aromatic heterocycles. The van der Waals surface area contributed by atoms with E-state index in [1.807, 2.05) is 20.8 Å². The van der Waals surface area contributed by atoms with Gasteiger partial charge in [0.15, 0.2) is 0 Å². The molecule has 2 aliphatic rings. The summed E-state index contributed by atoms with van der Waals surface area (Å²) in [7, 11) is 1.39. The van der Waals surface area contributed by atoms with Crippen LogP contribution in [0.1, 0.15) is 46.5 Å². The number of methoxy groups -OCH3 is 1. The quantitative estimate of drug-likeness (QED) is 0.686. The molecule has 1 amide bonds. The van der Waals surface area contributed by atoms with Crippen molar-refractivity contribution in [3.63, 3.8) is 0 Å². The van der Waals surface area contributed by atoms with Gasteiger partial charge in [-0.15, -0.1) is 0 Å². The largest absolute Gasteiger partial charge is 0.469 e. The van der Waals surface area contributed by atoms with Gasteiger partial charge in [0.2, 0.25) is 0 Å². The van der Waals surface area contributed by atoms with Gasteiger partial charge in [-0.05, 0) is 46.5 Å². The van der Waals surface area contributed by atoms with Gasteiger partial charge in [-0.25, -0.2) is 4.79 Å². The van der Waals surface area contributed by atoms with Crippen molar-refractivity contribution in [1.29, 1.82) is 0 Å². The van der Waals surface area contributed by atoms with Crippen LogP contribution in [0, 0.1) is 5.92 Å². The average molecular weight is 269 g/mol.